The average Bonchev–Trinajstić information content (AvgIpc) is 2.76. The minimum absolute atomic E-state index is 0.276. The largest absolute Gasteiger partial charge is 0.388 e. The zero-order valence-electron chi connectivity index (χ0n) is 12.8. The minimum atomic E-state index is -0.762. The van der Waals surface area contributed by atoms with E-state index in [-0.39, 0.29) is 6.03 Å². The molecule has 1 aromatic carbocycles. The van der Waals surface area contributed by atoms with Gasteiger partial charge in [0.2, 0.25) is 0 Å². The van der Waals surface area contributed by atoms with Crippen molar-refractivity contribution in [3.05, 3.63) is 35.4 Å². The van der Waals surface area contributed by atoms with Crippen molar-refractivity contribution in [2.24, 2.45) is 0 Å². The van der Waals surface area contributed by atoms with Crippen LogP contribution in [0.1, 0.15) is 49.7 Å². The number of amides is 2. The third kappa shape index (κ3) is 5.05. The molecule has 118 valence electrons. The van der Waals surface area contributed by atoms with Crippen molar-refractivity contribution in [3.8, 4) is 6.07 Å². The van der Waals surface area contributed by atoms with Crippen molar-refractivity contribution < 1.29 is 9.90 Å². The highest BCUT2D eigenvalue weighted by Crippen LogP contribution is 2.26. The van der Waals surface area contributed by atoms with E-state index in [2.05, 4.69) is 16.7 Å². The van der Waals surface area contributed by atoms with Gasteiger partial charge in [-0.15, -0.1) is 0 Å². The van der Waals surface area contributed by atoms with Crippen molar-refractivity contribution in [2.45, 2.75) is 50.7 Å². The van der Waals surface area contributed by atoms with Gasteiger partial charge in [0.25, 0.3) is 0 Å². The minimum Gasteiger partial charge on any atom is -0.388 e. The highest BCUT2D eigenvalue weighted by Gasteiger charge is 2.28. The van der Waals surface area contributed by atoms with Crippen molar-refractivity contribution in [3.63, 3.8) is 0 Å². The number of hydrogen-bond acceptors (Lipinski definition) is 3. The van der Waals surface area contributed by atoms with Gasteiger partial charge in [-0.05, 0) is 30.5 Å². The van der Waals surface area contributed by atoms with Crippen LogP contribution >= 0.6 is 0 Å². The van der Waals surface area contributed by atoms with Crippen LogP contribution < -0.4 is 10.6 Å². The SMILES string of the molecule is N#Cc1ccc(CNC(=O)NCC2(O)CCCCCC2)cc1. The van der Waals surface area contributed by atoms with Gasteiger partial charge >= 0.3 is 6.03 Å². The Morgan fingerprint density at radius 1 is 1.14 bits per heavy atom. The van der Waals surface area contributed by atoms with Gasteiger partial charge in [0.1, 0.15) is 0 Å². The van der Waals surface area contributed by atoms with E-state index in [1.54, 1.807) is 12.1 Å². The fourth-order valence-electron chi connectivity index (χ4n) is 2.75. The summed E-state index contributed by atoms with van der Waals surface area (Å²) in [6, 6.07) is 8.87. The molecule has 2 rings (SSSR count). The lowest BCUT2D eigenvalue weighted by molar-refractivity contribution is 0.0277. The Kier molecular flexibility index (Phi) is 5.79. The Labute approximate surface area is 131 Å². The predicted molar refractivity (Wildman–Crippen MR) is 84.0 cm³/mol. The van der Waals surface area contributed by atoms with E-state index in [0.717, 1.165) is 44.1 Å². The van der Waals surface area contributed by atoms with E-state index in [1.807, 2.05) is 12.1 Å². The second-order valence-corrected chi connectivity index (χ2v) is 5.98. The Morgan fingerprint density at radius 3 is 2.36 bits per heavy atom. The Balaban J connectivity index is 1.74. The van der Waals surface area contributed by atoms with E-state index < -0.39 is 5.60 Å². The number of nitriles is 1. The number of nitrogens with zero attached hydrogens (tertiary/aromatic N) is 1. The molecule has 22 heavy (non-hydrogen) atoms. The first kappa shape index (κ1) is 16.3. The number of hydrogen-bond donors (Lipinski definition) is 3. The number of carbonyl (C=O) groups excluding carboxylic acids is 1. The van der Waals surface area contributed by atoms with Gasteiger partial charge < -0.3 is 15.7 Å². The molecule has 1 aliphatic rings. The zero-order valence-corrected chi connectivity index (χ0v) is 12.8. The van der Waals surface area contributed by atoms with E-state index in [1.165, 1.54) is 0 Å². The molecule has 0 aromatic heterocycles. The Morgan fingerprint density at radius 2 is 1.77 bits per heavy atom. The van der Waals surface area contributed by atoms with E-state index in [4.69, 9.17) is 5.26 Å². The summed E-state index contributed by atoms with van der Waals surface area (Å²) < 4.78 is 0. The molecule has 3 N–H and O–H groups in total. The summed E-state index contributed by atoms with van der Waals surface area (Å²) in [6.45, 7) is 0.697. The Hall–Kier alpha value is -2.06. The summed E-state index contributed by atoms with van der Waals surface area (Å²) in [5.41, 5.74) is 0.772. The number of aliphatic hydroxyl groups is 1. The summed E-state index contributed by atoms with van der Waals surface area (Å²) in [5, 5.41) is 24.7. The van der Waals surface area contributed by atoms with E-state index in [9.17, 15) is 9.90 Å². The van der Waals surface area contributed by atoms with Crippen molar-refractivity contribution in [1.82, 2.24) is 10.6 Å². The van der Waals surface area contributed by atoms with Crippen LogP contribution in [0.15, 0.2) is 24.3 Å². The van der Waals surface area contributed by atoms with Crippen LogP contribution in [0.25, 0.3) is 0 Å². The lowest BCUT2D eigenvalue weighted by atomic mass is 9.95. The fourth-order valence-corrected chi connectivity index (χ4v) is 2.75. The van der Waals surface area contributed by atoms with Gasteiger partial charge in [0.15, 0.2) is 0 Å². The first-order chi connectivity index (χ1) is 10.6. The van der Waals surface area contributed by atoms with E-state index in [0.29, 0.717) is 18.7 Å². The van der Waals surface area contributed by atoms with Crippen molar-refractivity contribution in [1.29, 1.82) is 5.26 Å². The lowest BCUT2D eigenvalue weighted by Crippen LogP contribution is -2.46. The van der Waals surface area contributed by atoms with Crippen LogP contribution in [-0.4, -0.2) is 23.3 Å². The normalized spacial score (nSPS) is 17.1. The smallest absolute Gasteiger partial charge is 0.315 e. The van der Waals surface area contributed by atoms with Crippen LogP contribution in [0.5, 0.6) is 0 Å². The quantitative estimate of drug-likeness (QED) is 0.747. The first-order valence-corrected chi connectivity index (χ1v) is 7.84. The molecular weight excluding hydrogens is 278 g/mol. The number of rotatable bonds is 4. The molecule has 1 aliphatic carbocycles. The standard InChI is InChI=1S/C17H23N3O2/c18-11-14-5-7-15(8-6-14)12-19-16(21)20-13-17(22)9-3-1-2-4-10-17/h5-8,22H,1-4,9-10,12-13H2,(H2,19,20,21). The molecule has 0 unspecified atom stereocenters. The second kappa shape index (κ2) is 7.81. The molecule has 0 heterocycles. The summed E-state index contributed by atoms with van der Waals surface area (Å²) in [6.07, 6.45) is 5.86. The molecule has 1 fully saturated rings. The van der Waals surface area contributed by atoms with Crippen molar-refractivity contribution >= 4 is 6.03 Å². The molecule has 1 saturated carbocycles. The summed E-state index contributed by atoms with van der Waals surface area (Å²) in [7, 11) is 0. The van der Waals surface area contributed by atoms with Crippen LogP contribution in [0, 0.1) is 11.3 Å². The molecular formula is C17H23N3O2. The van der Waals surface area contributed by atoms with Gasteiger partial charge in [-0.2, -0.15) is 5.26 Å². The van der Waals surface area contributed by atoms with Crippen LogP contribution in [-0.2, 0) is 6.54 Å². The first-order valence-electron chi connectivity index (χ1n) is 7.84. The van der Waals surface area contributed by atoms with Gasteiger partial charge in [0, 0.05) is 13.1 Å². The monoisotopic (exact) mass is 301 g/mol. The molecule has 0 spiro atoms. The number of benzene rings is 1. The van der Waals surface area contributed by atoms with Gasteiger partial charge in [-0.25, -0.2) is 4.79 Å². The van der Waals surface area contributed by atoms with Crippen LogP contribution in [0.4, 0.5) is 4.79 Å². The fraction of sp³-hybridized carbons (Fsp3) is 0.529. The maximum atomic E-state index is 11.8. The molecule has 5 heteroatoms. The van der Waals surface area contributed by atoms with Crippen molar-refractivity contribution in [2.75, 3.05) is 6.54 Å². The van der Waals surface area contributed by atoms with E-state index >= 15 is 0 Å². The maximum absolute atomic E-state index is 11.8. The van der Waals surface area contributed by atoms with Crippen LogP contribution in [0.3, 0.4) is 0 Å². The average molecular weight is 301 g/mol. The molecule has 0 bridgehead atoms. The van der Waals surface area contributed by atoms with Gasteiger partial charge in [-0.3, -0.25) is 0 Å². The molecule has 1 aromatic rings. The maximum Gasteiger partial charge on any atom is 0.315 e. The second-order valence-electron chi connectivity index (χ2n) is 5.98. The molecule has 0 radical (unpaired) electrons. The molecule has 5 nitrogen and oxygen atoms in total. The predicted octanol–water partition coefficient (Wildman–Crippen LogP) is 2.44. The number of carbonyl (C=O) groups is 1. The summed E-state index contributed by atoms with van der Waals surface area (Å²) in [4.78, 5) is 11.8. The molecule has 0 saturated heterocycles. The highest BCUT2D eigenvalue weighted by molar-refractivity contribution is 5.73. The summed E-state index contributed by atoms with van der Waals surface area (Å²) >= 11 is 0. The molecule has 0 atom stereocenters. The number of urea groups is 1. The molecule has 2 amide bonds. The Bertz CT molecular complexity index is 526. The lowest BCUT2D eigenvalue weighted by Gasteiger charge is -2.26. The van der Waals surface area contributed by atoms with Gasteiger partial charge in [0.05, 0.1) is 17.2 Å². The highest BCUT2D eigenvalue weighted by atomic mass is 16.3. The third-order valence-corrected chi connectivity index (χ3v) is 4.15. The molecule has 0 aliphatic heterocycles. The third-order valence-electron chi connectivity index (χ3n) is 4.15. The van der Waals surface area contributed by atoms with Gasteiger partial charge in [-0.1, -0.05) is 37.8 Å². The zero-order chi connectivity index (χ0) is 15.8. The number of nitrogens with one attached hydrogen (secondary N) is 2. The summed E-state index contributed by atoms with van der Waals surface area (Å²) in [5.74, 6) is 0. The van der Waals surface area contributed by atoms with Crippen LogP contribution in [0.2, 0.25) is 0 Å². The topological polar surface area (TPSA) is 85.2 Å².